The Balaban J connectivity index is 2.00. The number of rotatable bonds is 2. The summed E-state index contributed by atoms with van der Waals surface area (Å²) in [5, 5.41) is 3.86. The summed E-state index contributed by atoms with van der Waals surface area (Å²) in [6, 6.07) is 1.84. The molecule has 0 radical (unpaired) electrons. The predicted molar refractivity (Wildman–Crippen MR) is 66.6 cm³/mol. The van der Waals surface area contributed by atoms with Crippen LogP contribution in [0.25, 0.3) is 11.5 Å². The molecule has 1 atom stereocenters. The van der Waals surface area contributed by atoms with Crippen molar-refractivity contribution in [3.05, 3.63) is 29.6 Å². The van der Waals surface area contributed by atoms with Crippen LogP contribution < -0.4 is 5.73 Å². The van der Waals surface area contributed by atoms with Crippen LogP contribution in [0.2, 0.25) is 0 Å². The second-order valence-electron chi connectivity index (χ2n) is 4.96. The number of halogens is 2. The van der Waals surface area contributed by atoms with Gasteiger partial charge in [0.15, 0.2) is 11.6 Å². The number of ether oxygens (including phenoxy) is 1. The number of hydrogen-bond donors (Lipinski definition) is 1. The largest absolute Gasteiger partial charge is 0.398 e. The molecule has 0 spiro atoms. The molecular weight excluding hydrogens is 268 g/mol. The van der Waals surface area contributed by atoms with Gasteiger partial charge >= 0.3 is 0 Å². The van der Waals surface area contributed by atoms with Crippen LogP contribution in [0, 0.1) is 11.6 Å². The minimum Gasteiger partial charge on any atom is -0.398 e. The maximum Gasteiger partial charge on any atom is 0.260 e. The van der Waals surface area contributed by atoms with Gasteiger partial charge in [0.25, 0.3) is 5.89 Å². The van der Waals surface area contributed by atoms with Crippen LogP contribution in [0.5, 0.6) is 0 Å². The van der Waals surface area contributed by atoms with Gasteiger partial charge in [-0.2, -0.15) is 4.98 Å². The lowest BCUT2D eigenvalue weighted by molar-refractivity contribution is 0.00768. The number of benzene rings is 1. The van der Waals surface area contributed by atoms with E-state index in [-0.39, 0.29) is 17.1 Å². The topological polar surface area (TPSA) is 74.2 Å². The number of nitrogen functional groups attached to an aromatic ring is 1. The lowest BCUT2D eigenvalue weighted by atomic mass is 10.0. The monoisotopic (exact) mass is 281 g/mol. The minimum absolute atomic E-state index is 0.0385. The van der Waals surface area contributed by atoms with Gasteiger partial charge in [-0.15, -0.1) is 0 Å². The molecule has 2 heterocycles. The minimum atomic E-state index is -1.02. The summed E-state index contributed by atoms with van der Waals surface area (Å²) in [7, 11) is 0. The Hall–Kier alpha value is -2.02. The SMILES string of the molecule is CC1(c2noc(-c3cc(F)c(F)cc3N)n2)CCCO1. The smallest absolute Gasteiger partial charge is 0.260 e. The third-order valence-electron chi connectivity index (χ3n) is 3.44. The zero-order valence-electron chi connectivity index (χ0n) is 10.8. The highest BCUT2D eigenvalue weighted by Gasteiger charge is 2.37. The molecule has 0 saturated carbocycles. The van der Waals surface area contributed by atoms with E-state index in [1.165, 1.54) is 0 Å². The third-order valence-corrected chi connectivity index (χ3v) is 3.44. The van der Waals surface area contributed by atoms with E-state index in [1.54, 1.807) is 0 Å². The average Bonchev–Trinajstić information content (AvgIpc) is 3.03. The van der Waals surface area contributed by atoms with Crippen molar-refractivity contribution < 1.29 is 18.0 Å². The van der Waals surface area contributed by atoms with Gasteiger partial charge in [-0.1, -0.05) is 5.16 Å². The number of anilines is 1. The molecule has 106 valence electrons. The zero-order chi connectivity index (χ0) is 14.3. The summed E-state index contributed by atoms with van der Waals surface area (Å²) in [4.78, 5) is 4.19. The summed E-state index contributed by atoms with van der Waals surface area (Å²) < 4.78 is 37.0. The lowest BCUT2D eigenvalue weighted by Crippen LogP contribution is -2.21. The van der Waals surface area contributed by atoms with E-state index in [9.17, 15) is 8.78 Å². The van der Waals surface area contributed by atoms with Gasteiger partial charge in [-0.25, -0.2) is 8.78 Å². The molecule has 7 heteroatoms. The standard InChI is InChI=1S/C13H13F2N3O2/c1-13(3-2-4-19-13)12-17-11(20-18-12)7-5-8(14)9(15)6-10(7)16/h5-6H,2-4,16H2,1H3. The molecule has 3 rings (SSSR count). The molecule has 20 heavy (non-hydrogen) atoms. The summed E-state index contributed by atoms with van der Waals surface area (Å²) in [6.45, 7) is 2.50. The maximum atomic E-state index is 13.3. The molecule has 1 unspecified atom stereocenters. The van der Waals surface area contributed by atoms with Crippen LogP contribution in [-0.2, 0) is 10.3 Å². The maximum absolute atomic E-state index is 13.3. The van der Waals surface area contributed by atoms with E-state index in [0.29, 0.717) is 12.4 Å². The highest BCUT2D eigenvalue weighted by Crippen LogP contribution is 2.35. The lowest BCUT2D eigenvalue weighted by Gasteiger charge is -2.17. The summed E-state index contributed by atoms with van der Waals surface area (Å²) >= 11 is 0. The second-order valence-corrected chi connectivity index (χ2v) is 4.96. The molecule has 1 fully saturated rings. The average molecular weight is 281 g/mol. The van der Waals surface area contributed by atoms with Gasteiger partial charge in [0.1, 0.15) is 5.60 Å². The summed E-state index contributed by atoms with van der Waals surface area (Å²) in [5.41, 5.74) is 5.26. The van der Waals surface area contributed by atoms with Crippen molar-refractivity contribution in [3.8, 4) is 11.5 Å². The van der Waals surface area contributed by atoms with E-state index in [1.807, 2.05) is 6.92 Å². The van der Waals surface area contributed by atoms with Crippen molar-refractivity contribution in [2.75, 3.05) is 12.3 Å². The molecule has 1 aliphatic heterocycles. The van der Waals surface area contributed by atoms with Crippen molar-refractivity contribution in [1.29, 1.82) is 0 Å². The first-order valence-electron chi connectivity index (χ1n) is 6.23. The molecule has 2 aromatic rings. The summed E-state index contributed by atoms with van der Waals surface area (Å²) in [5.74, 6) is -1.60. The number of nitrogens with zero attached hydrogens (tertiary/aromatic N) is 2. The highest BCUT2D eigenvalue weighted by atomic mass is 19.2. The van der Waals surface area contributed by atoms with Gasteiger partial charge in [0.2, 0.25) is 5.82 Å². The van der Waals surface area contributed by atoms with Crippen LogP contribution in [0.1, 0.15) is 25.6 Å². The van der Waals surface area contributed by atoms with E-state index in [2.05, 4.69) is 10.1 Å². The van der Waals surface area contributed by atoms with Crippen molar-refractivity contribution in [3.63, 3.8) is 0 Å². The van der Waals surface area contributed by atoms with Crippen LogP contribution in [0.3, 0.4) is 0 Å². The van der Waals surface area contributed by atoms with Gasteiger partial charge in [-0.05, 0) is 25.8 Å². The molecule has 0 bridgehead atoms. The number of nitrogens with two attached hydrogens (primary N) is 1. The van der Waals surface area contributed by atoms with Crippen molar-refractivity contribution >= 4 is 5.69 Å². The van der Waals surface area contributed by atoms with Crippen LogP contribution >= 0.6 is 0 Å². The third kappa shape index (κ3) is 2.03. The Morgan fingerprint density at radius 3 is 2.75 bits per heavy atom. The van der Waals surface area contributed by atoms with Gasteiger partial charge in [-0.3, -0.25) is 0 Å². The Morgan fingerprint density at radius 2 is 2.05 bits per heavy atom. The van der Waals surface area contributed by atoms with E-state index in [0.717, 1.165) is 25.0 Å². The fraction of sp³-hybridized carbons (Fsp3) is 0.385. The Bertz CT molecular complexity index is 651. The molecule has 1 aromatic heterocycles. The van der Waals surface area contributed by atoms with Crippen molar-refractivity contribution in [2.45, 2.75) is 25.4 Å². The Morgan fingerprint density at radius 1 is 1.30 bits per heavy atom. The van der Waals surface area contributed by atoms with Crippen molar-refractivity contribution in [2.24, 2.45) is 0 Å². The number of aromatic nitrogens is 2. The molecule has 2 N–H and O–H groups in total. The van der Waals surface area contributed by atoms with E-state index < -0.39 is 17.2 Å². The molecule has 1 saturated heterocycles. The summed E-state index contributed by atoms with van der Waals surface area (Å²) in [6.07, 6.45) is 1.69. The highest BCUT2D eigenvalue weighted by molar-refractivity contribution is 5.70. The molecule has 0 aliphatic carbocycles. The first-order chi connectivity index (χ1) is 9.49. The Labute approximate surface area is 113 Å². The van der Waals surface area contributed by atoms with Crippen LogP contribution in [0.15, 0.2) is 16.7 Å². The Kier molecular flexibility index (Phi) is 2.93. The fourth-order valence-electron chi connectivity index (χ4n) is 2.25. The quantitative estimate of drug-likeness (QED) is 0.856. The fourth-order valence-corrected chi connectivity index (χ4v) is 2.25. The van der Waals surface area contributed by atoms with E-state index >= 15 is 0 Å². The van der Waals surface area contributed by atoms with Crippen LogP contribution in [-0.4, -0.2) is 16.7 Å². The second kappa shape index (κ2) is 4.52. The van der Waals surface area contributed by atoms with Gasteiger partial charge < -0.3 is 15.0 Å². The van der Waals surface area contributed by atoms with Crippen molar-refractivity contribution in [1.82, 2.24) is 10.1 Å². The molecular formula is C13H13F2N3O2. The van der Waals surface area contributed by atoms with Gasteiger partial charge in [0, 0.05) is 18.4 Å². The molecule has 1 aromatic carbocycles. The zero-order valence-corrected chi connectivity index (χ0v) is 10.8. The van der Waals surface area contributed by atoms with Gasteiger partial charge in [0.05, 0.1) is 5.56 Å². The molecule has 5 nitrogen and oxygen atoms in total. The molecule has 1 aliphatic rings. The van der Waals surface area contributed by atoms with Crippen LogP contribution in [0.4, 0.5) is 14.5 Å². The normalized spacial score (nSPS) is 22.4. The predicted octanol–water partition coefficient (Wildman–Crippen LogP) is 2.62. The first kappa shape index (κ1) is 13.0. The van der Waals surface area contributed by atoms with E-state index in [4.69, 9.17) is 15.0 Å². The first-order valence-corrected chi connectivity index (χ1v) is 6.23. The number of hydrogen-bond acceptors (Lipinski definition) is 5. The molecule has 0 amide bonds.